The molecule has 1 aliphatic rings. The summed E-state index contributed by atoms with van der Waals surface area (Å²) in [4.78, 5) is 14.2. The van der Waals surface area contributed by atoms with E-state index < -0.39 is 11.5 Å². The Morgan fingerprint density at radius 2 is 2.05 bits per heavy atom. The molecule has 0 radical (unpaired) electrons. The molecular weight excluding hydrogens is 252 g/mol. The Morgan fingerprint density at radius 1 is 1.40 bits per heavy atom. The van der Waals surface area contributed by atoms with E-state index in [2.05, 4.69) is 24.1 Å². The molecule has 1 heterocycles. The second-order valence-corrected chi connectivity index (χ2v) is 6.79. The first-order valence-electron chi connectivity index (χ1n) is 8.07. The first-order chi connectivity index (χ1) is 9.30. The van der Waals surface area contributed by atoms with Crippen molar-refractivity contribution in [3.05, 3.63) is 0 Å². The number of carbonyl (C=O) groups is 1. The molecule has 4 heteroatoms. The van der Waals surface area contributed by atoms with Crippen molar-refractivity contribution in [2.24, 2.45) is 0 Å². The fraction of sp³-hybridized carbons (Fsp3) is 0.938. The van der Waals surface area contributed by atoms with Gasteiger partial charge in [-0.05, 0) is 59.9 Å². The number of carboxylic acids is 1. The molecule has 3 unspecified atom stereocenters. The maximum atomic E-state index is 11.6. The molecule has 1 fully saturated rings. The highest BCUT2D eigenvalue weighted by Crippen LogP contribution is 2.26. The van der Waals surface area contributed by atoms with Gasteiger partial charge in [-0.25, -0.2) is 0 Å². The first kappa shape index (κ1) is 17.4. The minimum absolute atomic E-state index is 0.173. The van der Waals surface area contributed by atoms with Crippen LogP contribution in [-0.4, -0.2) is 46.2 Å². The van der Waals surface area contributed by atoms with E-state index in [9.17, 15) is 9.90 Å². The number of piperidine rings is 1. The van der Waals surface area contributed by atoms with Gasteiger partial charge in [-0.1, -0.05) is 13.3 Å². The van der Waals surface area contributed by atoms with Crippen molar-refractivity contribution in [3.8, 4) is 0 Å². The highest BCUT2D eigenvalue weighted by Gasteiger charge is 2.37. The van der Waals surface area contributed by atoms with Crippen molar-refractivity contribution in [1.29, 1.82) is 0 Å². The van der Waals surface area contributed by atoms with E-state index >= 15 is 0 Å². The molecule has 0 spiro atoms. The highest BCUT2D eigenvalue weighted by molar-refractivity contribution is 5.78. The second kappa shape index (κ2) is 7.41. The van der Waals surface area contributed by atoms with Gasteiger partial charge in [0.2, 0.25) is 0 Å². The first-order valence-corrected chi connectivity index (χ1v) is 8.07. The van der Waals surface area contributed by atoms with Crippen LogP contribution in [0, 0.1) is 0 Å². The quantitative estimate of drug-likeness (QED) is 0.755. The van der Waals surface area contributed by atoms with Crippen LogP contribution in [0.3, 0.4) is 0 Å². The van der Waals surface area contributed by atoms with E-state index in [0.29, 0.717) is 18.5 Å². The average molecular weight is 284 g/mol. The van der Waals surface area contributed by atoms with Crippen LogP contribution in [0.2, 0.25) is 0 Å². The second-order valence-electron chi connectivity index (χ2n) is 6.79. The number of carboxylic acid groups (broad SMARTS) is 1. The van der Waals surface area contributed by atoms with E-state index in [1.165, 1.54) is 19.3 Å². The van der Waals surface area contributed by atoms with E-state index in [-0.39, 0.29) is 6.04 Å². The highest BCUT2D eigenvalue weighted by atomic mass is 16.4. The van der Waals surface area contributed by atoms with Gasteiger partial charge in [0.25, 0.3) is 0 Å². The molecule has 0 saturated carbocycles. The molecule has 4 nitrogen and oxygen atoms in total. The van der Waals surface area contributed by atoms with Crippen molar-refractivity contribution in [1.82, 2.24) is 10.2 Å². The molecule has 0 amide bonds. The number of hydrogen-bond donors (Lipinski definition) is 2. The Hall–Kier alpha value is -0.610. The van der Waals surface area contributed by atoms with Crippen LogP contribution in [0.15, 0.2) is 0 Å². The molecule has 1 rings (SSSR count). The number of aliphatic carboxylic acids is 1. The lowest BCUT2D eigenvalue weighted by Crippen LogP contribution is -2.57. The van der Waals surface area contributed by atoms with Gasteiger partial charge in [-0.2, -0.15) is 0 Å². The lowest BCUT2D eigenvalue weighted by molar-refractivity contribution is -0.145. The topological polar surface area (TPSA) is 52.6 Å². The van der Waals surface area contributed by atoms with E-state index in [4.69, 9.17) is 0 Å². The van der Waals surface area contributed by atoms with Crippen molar-refractivity contribution < 1.29 is 9.90 Å². The minimum atomic E-state index is -0.844. The summed E-state index contributed by atoms with van der Waals surface area (Å²) in [6.45, 7) is 11.3. The molecule has 2 N–H and O–H groups in total. The third-order valence-corrected chi connectivity index (χ3v) is 4.49. The summed E-state index contributed by atoms with van der Waals surface area (Å²) in [6, 6.07) is 1.09. The summed E-state index contributed by atoms with van der Waals surface area (Å²) in [5.74, 6) is -0.747. The number of nitrogens with zero attached hydrogens (tertiary/aromatic N) is 1. The summed E-state index contributed by atoms with van der Waals surface area (Å²) in [5, 5.41) is 12.8. The number of likely N-dealkylation sites (tertiary alicyclic amines) is 1. The predicted molar refractivity (Wildman–Crippen MR) is 83.0 cm³/mol. The molecule has 1 saturated heterocycles. The molecule has 3 atom stereocenters. The molecule has 0 aromatic carbocycles. The van der Waals surface area contributed by atoms with E-state index in [0.717, 1.165) is 13.0 Å². The van der Waals surface area contributed by atoms with Gasteiger partial charge in [-0.15, -0.1) is 0 Å². The van der Waals surface area contributed by atoms with Gasteiger partial charge in [0.1, 0.15) is 5.54 Å². The fourth-order valence-corrected chi connectivity index (χ4v) is 3.59. The third-order valence-electron chi connectivity index (χ3n) is 4.49. The standard InChI is InChI=1S/C16H32N2O2/c1-6-14-9-7-8-10-18(14)13(4)11-16(5,15(19)20)17-12(2)3/h12-14,17H,6-11H2,1-5H3,(H,19,20). The van der Waals surface area contributed by atoms with Crippen LogP contribution < -0.4 is 5.32 Å². The SMILES string of the molecule is CCC1CCCCN1C(C)CC(C)(NC(C)C)C(=O)O. The molecule has 0 bridgehead atoms. The third kappa shape index (κ3) is 4.45. The molecule has 118 valence electrons. The van der Waals surface area contributed by atoms with Crippen molar-refractivity contribution >= 4 is 5.97 Å². The smallest absolute Gasteiger partial charge is 0.323 e. The normalized spacial score (nSPS) is 25.4. The van der Waals surface area contributed by atoms with E-state index in [1.54, 1.807) is 0 Å². The molecule has 0 aliphatic carbocycles. The van der Waals surface area contributed by atoms with Crippen LogP contribution in [0.5, 0.6) is 0 Å². The maximum absolute atomic E-state index is 11.6. The van der Waals surface area contributed by atoms with E-state index in [1.807, 2.05) is 20.8 Å². The average Bonchev–Trinajstić information content (AvgIpc) is 2.37. The zero-order valence-corrected chi connectivity index (χ0v) is 13.8. The van der Waals surface area contributed by atoms with Crippen LogP contribution in [0.25, 0.3) is 0 Å². The van der Waals surface area contributed by atoms with Crippen LogP contribution >= 0.6 is 0 Å². The minimum Gasteiger partial charge on any atom is -0.480 e. The predicted octanol–water partition coefficient (Wildman–Crippen LogP) is 2.87. The van der Waals surface area contributed by atoms with Crippen molar-refractivity contribution in [2.75, 3.05) is 6.54 Å². The Balaban J connectivity index is 2.74. The summed E-state index contributed by atoms with van der Waals surface area (Å²) < 4.78 is 0. The van der Waals surface area contributed by atoms with Crippen LogP contribution in [0.1, 0.15) is 66.7 Å². The van der Waals surface area contributed by atoms with Gasteiger partial charge in [0.05, 0.1) is 0 Å². The number of hydrogen-bond acceptors (Lipinski definition) is 3. The van der Waals surface area contributed by atoms with Gasteiger partial charge in [-0.3, -0.25) is 15.0 Å². The van der Waals surface area contributed by atoms with Crippen LogP contribution in [-0.2, 0) is 4.79 Å². The summed E-state index contributed by atoms with van der Waals surface area (Å²) in [5.41, 5.74) is -0.844. The van der Waals surface area contributed by atoms with Gasteiger partial charge < -0.3 is 5.11 Å². The molecule has 0 aromatic rings. The Labute approximate surface area is 123 Å². The Kier molecular flexibility index (Phi) is 6.46. The summed E-state index contributed by atoms with van der Waals surface area (Å²) in [7, 11) is 0. The summed E-state index contributed by atoms with van der Waals surface area (Å²) >= 11 is 0. The zero-order valence-electron chi connectivity index (χ0n) is 13.8. The lowest BCUT2D eigenvalue weighted by Gasteiger charge is -2.42. The lowest BCUT2D eigenvalue weighted by atomic mass is 9.89. The molecule has 1 aliphatic heterocycles. The van der Waals surface area contributed by atoms with Gasteiger partial charge >= 0.3 is 5.97 Å². The zero-order chi connectivity index (χ0) is 15.3. The molecule has 20 heavy (non-hydrogen) atoms. The Bertz CT molecular complexity index is 320. The van der Waals surface area contributed by atoms with Crippen LogP contribution in [0.4, 0.5) is 0 Å². The Morgan fingerprint density at radius 3 is 2.55 bits per heavy atom. The van der Waals surface area contributed by atoms with Crippen molar-refractivity contribution in [2.45, 2.75) is 90.4 Å². The summed E-state index contributed by atoms with van der Waals surface area (Å²) in [6.07, 6.45) is 5.61. The molecule has 0 aromatic heterocycles. The number of nitrogens with one attached hydrogen (secondary N) is 1. The molecular formula is C16H32N2O2. The monoisotopic (exact) mass is 284 g/mol. The fourth-order valence-electron chi connectivity index (χ4n) is 3.59. The van der Waals surface area contributed by atoms with Gasteiger partial charge in [0, 0.05) is 18.1 Å². The van der Waals surface area contributed by atoms with Gasteiger partial charge in [0.15, 0.2) is 0 Å². The van der Waals surface area contributed by atoms with Crippen molar-refractivity contribution in [3.63, 3.8) is 0 Å². The maximum Gasteiger partial charge on any atom is 0.323 e. The largest absolute Gasteiger partial charge is 0.480 e. The number of rotatable bonds is 7.